The quantitative estimate of drug-likeness (QED) is 0.910. The lowest BCUT2D eigenvalue weighted by atomic mass is 9.92. The fourth-order valence-corrected chi connectivity index (χ4v) is 4.13. The van der Waals surface area contributed by atoms with Crippen LogP contribution in [0.15, 0.2) is 18.3 Å². The van der Waals surface area contributed by atoms with E-state index >= 15 is 0 Å². The Morgan fingerprint density at radius 3 is 2.40 bits per heavy atom. The maximum absolute atomic E-state index is 12.4. The van der Waals surface area contributed by atoms with Crippen LogP contribution < -0.4 is 10.2 Å². The van der Waals surface area contributed by atoms with E-state index in [9.17, 15) is 4.79 Å². The van der Waals surface area contributed by atoms with Gasteiger partial charge in [0.25, 0.3) is 0 Å². The first-order valence-electron chi connectivity index (χ1n) is 9.84. The van der Waals surface area contributed by atoms with Crippen molar-refractivity contribution in [3.63, 3.8) is 0 Å². The zero-order chi connectivity index (χ0) is 17.6. The first-order valence-corrected chi connectivity index (χ1v) is 9.84. The lowest BCUT2D eigenvalue weighted by Gasteiger charge is -2.34. The molecule has 0 spiro atoms. The second kappa shape index (κ2) is 8.54. The molecule has 3 rings (SSSR count). The van der Waals surface area contributed by atoms with Crippen LogP contribution in [0.25, 0.3) is 0 Å². The van der Waals surface area contributed by atoms with Crippen LogP contribution in [0, 0.1) is 11.8 Å². The summed E-state index contributed by atoms with van der Waals surface area (Å²) >= 11 is 0. The van der Waals surface area contributed by atoms with Crippen molar-refractivity contribution < 1.29 is 4.79 Å². The number of piperidine rings is 1. The van der Waals surface area contributed by atoms with Crippen LogP contribution in [-0.4, -0.2) is 42.1 Å². The van der Waals surface area contributed by atoms with E-state index in [2.05, 4.69) is 41.2 Å². The summed E-state index contributed by atoms with van der Waals surface area (Å²) in [6.07, 6.45) is 8.29. The van der Waals surface area contributed by atoms with Gasteiger partial charge >= 0.3 is 6.03 Å². The summed E-state index contributed by atoms with van der Waals surface area (Å²) in [4.78, 5) is 21.4. The molecule has 2 atom stereocenters. The van der Waals surface area contributed by atoms with Crippen molar-refractivity contribution in [1.29, 1.82) is 0 Å². The molecule has 2 fully saturated rings. The van der Waals surface area contributed by atoms with Crippen molar-refractivity contribution in [3.05, 3.63) is 23.9 Å². The molecule has 25 heavy (non-hydrogen) atoms. The van der Waals surface area contributed by atoms with Gasteiger partial charge in [0.05, 0.1) is 0 Å². The van der Waals surface area contributed by atoms with Gasteiger partial charge in [0.15, 0.2) is 0 Å². The van der Waals surface area contributed by atoms with E-state index in [0.717, 1.165) is 37.6 Å². The average molecular weight is 345 g/mol. The number of carbonyl (C=O) groups is 1. The SMILES string of the molecule is CC1CC(C)CN(C(=O)NCc2ccc(N3CCCCCC3)nc2)C1. The number of nitrogens with one attached hydrogen (secondary N) is 1. The molecule has 5 heteroatoms. The minimum atomic E-state index is 0.0509. The highest BCUT2D eigenvalue weighted by Crippen LogP contribution is 2.21. The summed E-state index contributed by atoms with van der Waals surface area (Å²) in [5.41, 5.74) is 1.06. The van der Waals surface area contributed by atoms with Gasteiger partial charge in [-0.15, -0.1) is 0 Å². The molecule has 2 aliphatic rings. The third-order valence-corrected chi connectivity index (χ3v) is 5.34. The van der Waals surface area contributed by atoms with Crippen LogP contribution in [0.2, 0.25) is 0 Å². The van der Waals surface area contributed by atoms with Crippen molar-refractivity contribution >= 4 is 11.8 Å². The van der Waals surface area contributed by atoms with Crippen molar-refractivity contribution in [2.75, 3.05) is 31.1 Å². The Labute approximate surface area is 151 Å². The third kappa shape index (κ3) is 5.10. The van der Waals surface area contributed by atoms with Crippen LogP contribution in [0.4, 0.5) is 10.6 Å². The molecule has 5 nitrogen and oxygen atoms in total. The lowest BCUT2D eigenvalue weighted by Crippen LogP contribution is -2.47. The Kier molecular flexibility index (Phi) is 6.16. The largest absolute Gasteiger partial charge is 0.357 e. The van der Waals surface area contributed by atoms with Crippen LogP contribution in [0.3, 0.4) is 0 Å². The molecule has 1 aromatic heterocycles. The smallest absolute Gasteiger partial charge is 0.317 e. The molecule has 2 unspecified atom stereocenters. The Bertz CT molecular complexity index is 541. The molecule has 2 amide bonds. The fourth-order valence-electron chi connectivity index (χ4n) is 4.13. The first kappa shape index (κ1) is 18.0. The minimum absolute atomic E-state index is 0.0509. The molecule has 0 aromatic carbocycles. The van der Waals surface area contributed by atoms with Crippen LogP contribution >= 0.6 is 0 Å². The molecular weight excluding hydrogens is 312 g/mol. The van der Waals surface area contributed by atoms with Gasteiger partial charge in [-0.05, 0) is 42.7 Å². The number of likely N-dealkylation sites (tertiary alicyclic amines) is 1. The van der Waals surface area contributed by atoms with E-state index in [1.165, 1.54) is 32.1 Å². The number of rotatable bonds is 3. The molecule has 2 saturated heterocycles. The summed E-state index contributed by atoms with van der Waals surface area (Å²) in [5.74, 6) is 2.24. The van der Waals surface area contributed by atoms with E-state index in [4.69, 9.17) is 0 Å². The molecule has 3 heterocycles. The van der Waals surface area contributed by atoms with E-state index < -0.39 is 0 Å². The van der Waals surface area contributed by atoms with Gasteiger partial charge in [-0.2, -0.15) is 0 Å². The van der Waals surface area contributed by atoms with Crippen LogP contribution in [0.1, 0.15) is 51.5 Å². The van der Waals surface area contributed by atoms with E-state index in [-0.39, 0.29) is 6.03 Å². The molecule has 0 saturated carbocycles. The normalized spacial score (nSPS) is 24.7. The predicted molar refractivity (Wildman–Crippen MR) is 102 cm³/mol. The lowest BCUT2D eigenvalue weighted by molar-refractivity contribution is 0.146. The number of anilines is 1. The summed E-state index contributed by atoms with van der Waals surface area (Å²) in [6, 6.07) is 4.24. The van der Waals surface area contributed by atoms with E-state index in [1.54, 1.807) is 0 Å². The molecular formula is C20H32N4O. The Morgan fingerprint density at radius 2 is 1.80 bits per heavy atom. The monoisotopic (exact) mass is 344 g/mol. The number of carbonyl (C=O) groups excluding carboxylic acids is 1. The number of pyridine rings is 1. The molecule has 0 aliphatic carbocycles. The van der Waals surface area contributed by atoms with Gasteiger partial charge in [-0.3, -0.25) is 0 Å². The Balaban J connectivity index is 1.50. The predicted octanol–water partition coefficient (Wildman–Crippen LogP) is 3.65. The molecule has 0 bridgehead atoms. The zero-order valence-corrected chi connectivity index (χ0v) is 15.7. The second-order valence-corrected chi connectivity index (χ2v) is 7.94. The Hall–Kier alpha value is -1.78. The van der Waals surface area contributed by atoms with Gasteiger partial charge < -0.3 is 15.1 Å². The van der Waals surface area contributed by atoms with Crippen molar-refractivity contribution in [3.8, 4) is 0 Å². The van der Waals surface area contributed by atoms with Crippen molar-refractivity contribution in [2.24, 2.45) is 11.8 Å². The second-order valence-electron chi connectivity index (χ2n) is 7.94. The molecule has 138 valence electrons. The standard InChI is InChI=1S/C20H32N4O/c1-16-11-17(2)15-24(14-16)20(25)22-13-18-7-8-19(21-12-18)23-9-5-3-4-6-10-23/h7-8,12,16-17H,3-6,9-11,13-15H2,1-2H3,(H,22,25). The molecule has 2 aliphatic heterocycles. The Morgan fingerprint density at radius 1 is 1.12 bits per heavy atom. The van der Waals surface area contributed by atoms with Gasteiger partial charge in [-0.1, -0.05) is 32.8 Å². The maximum atomic E-state index is 12.4. The average Bonchev–Trinajstić information content (AvgIpc) is 2.88. The van der Waals surface area contributed by atoms with E-state index in [1.807, 2.05) is 11.1 Å². The van der Waals surface area contributed by atoms with Crippen molar-refractivity contribution in [1.82, 2.24) is 15.2 Å². The van der Waals surface area contributed by atoms with Gasteiger partial charge in [-0.25, -0.2) is 9.78 Å². The number of aromatic nitrogens is 1. The maximum Gasteiger partial charge on any atom is 0.317 e. The summed E-state index contributed by atoms with van der Waals surface area (Å²) in [5, 5.41) is 3.05. The van der Waals surface area contributed by atoms with Crippen molar-refractivity contribution in [2.45, 2.75) is 52.5 Å². The van der Waals surface area contributed by atoms with E-state index in [0.29, 0.717) is 18.4 Å². The molecule has 1 aromatic rings. The first-order chi connectivity index (χ1) is 12.1. The molecule has 0 radical (unpaired) electrons. The number of nitrogens with zero attached hydrogens (tertiary/aromatic N) is 3. The zero-order valence-electron chi connectivity index (χ0n) is 15.7. The number of amides is 2. The fraction of sp³-hybridized carbons (Fsp3) is 0.700. The van der Waals surface area contributed by atoms with Gasteiger partial charge in [0.2, 0.25) is 0 Å². The van der Waals surface area contributed by atoms with Crippen LogP contribution in [-0.2, 0) is 6.54 Å². The van der Waals surface area contributed by atoms with Crippen LogP contribution in [0.5, 0.6) is 0 Å². The highest BCUT2D eigenvalue weighted by atomic mass is 16.2. The number of urea groups is 1. The molecule has 1 N–H and O–H groups in total. The summed E-state index contributed by atoms with van der Waals surface area (Å²) in [7, 11) is 0. The number of hydrogen-bond donors (Lipinski definition) is 1. The highest BCUT2D eigenvalue weighted by Gasteiger charge is 2.25. The minimum Gasteiger partial charge on any atom is -0.357 e. The number of hydrogen-bond acceptors (Lipinski definition) is 3. The van der Waals surface area contributed by atoms with Gasteiger partial charge in [0.1, 0.15) is 5.82 Å². The summed E-state index contributed by atoms with van der Waals surface area (Å²) < 4.78 is 0. The topological polar surface area (TPSA) is 48.5 Å². The highest BCUT2D eigenvalue weighted by molar-refractivity contribution is 5.74. The summed E-state index contributed by atoms with van der Waals surface area (Å²) in [6.45, 7) is 8.93. The third-order valence-electron chi connectivity index (χ3n) is 5.34. The van der Waals surface area contributed by atoms with Gasteiger partial charge in [0, 0.05) is 38.9 Å².